The molecular formula is C16H26N4O. The molecule has 21 heavy (non-hydrogen) atoms. The number of aliphatic hydroxyl groups excluding tert-OH is 1. The van der Waals surface area contributed by atoms with Crippen LogP contribution in [-0.2, 0) is 0 Å². The molecule has 1 atom stereocenters. The fourth-order valence-corrected chi connectivity index (χ4v) is 2.65. The van der Waals surface area contributed by atoms with Crippen LogP contribution in [-0.4, -0.2) is 30.8 Å². The summed E-state index contributed by atoms with van der Waals surface area (Å²) in [4.78, 5) is 0. The van der Waals surface area contributed by atoms with Crippen LogP contribution in [0, 0.1) is 33.1 Å². The Balaban J connectivity index is 2.60. The molecule has 0 aliphatic carbocycles. The molecule has 5 heteroatoms. The molecule has 2 rings (SSSR count). The quantitative estimate of drug-likeness (QED) is 0.945. The van der Waals surface area contributed by atoms with Crippen LogP contribution in [0.5, 0.6) is 0 Å². The Kier molecular flexibility index (Phi) is 3.97. The van der Waals surface area contributed by atoms with E-state index in [1.807, 2.05) is 70.0 Å². The van der Waals surface area contributed by atoms with Crippen molar-refractivity contribution in [2.24, 2.45) is 5.41 Å². The van der Waals surface area contributed by atoms with Gasteiger partial charge < -0.3 is 5.11 Å². The van der Waals surface area contributed by atoms with Crippen LogP contribution < -0.4 is 0 Å². The summed E-state index contributed by atoms with van der Waals surface area (Å²) in [5, 5.41) is 20.0. The first-order valence-electron chi connectivity index (χ1n) is 7.35. The van der Waals surface area contributed by atoms with E-state index in [-0.39, 0.29) is 11.6 Å². The van der Waals surface area contributed by atoms with E-state index in [4.69, 9.17) is 0 Å². The number of aliphatic hydroxyl groups is 1. The molecular weight excluding hydrogens is 264 g/mol. The molecule has 5 nitrogen and oxygen atoms in total. The molecule has 2 aromatic heterocycles. The third-order valence-corrected chi connectivity index (χ3v) is 3.76. The Morgan fingerprint density at radius 2 is 1.29 bits per heavy atom. The van der Waals surface area contributed by atoms with Crippen molar-refractivity contribution in [3.8, 4) is 0 Å². The Labute approximate surface area is 126 Å². The fraction of sp³-hybridized carbons (Fsp3) is 0.625. The first kappa shape index (κ1) is 15.8. The van der Waals surface area contributed by atoms with Crippen LogP contribution in [0.25, 0.3) is 0 Å². The SMILES string of the molecule is Cc1cc(C)n(C([C@@H](O)C(C)(C)C)n2nc(C)cc2C)n1. The molecule has 0 saturated heterocycles. The highest BCUT2D eigenvalue weighted by atomic mass is 16.3. The molecule has 0 amide bonds. The second kappa shape index (κ2) is 5.30. The highest BCUT2D eigenvalue weighted by Gasteiger charge is 2.35. The standard InChI is InChI=1S/C16H26N4O/c1-10-8-12(3)19(17-10)15(14(21)16(5,6)7)20-13(4)9-11(2)18-20/h8-9,14-15,21H,1-7H3/t14-/m1/s1. The van der Waals surface area contributed by atoms with E-state index in [9.17, 15) is 5.11 Å². The summed E-state index contributed by atoms with van der Waals surface area (Å²) < 4.78 is 3.76. The van der Waals surface area contributed by atoms with E-state index < -0.39 is 6.10 Å². The molecule has 0 fully saturated rings. The van der Waals surface area contributed by atoms with Crippen LogP contribution in [0.15, 0.2) is 12.1 Å². The van der Waals surface area contributed by atoms with Gasteiger partial charge in [-0.05, 0) is 45.2 Å². The predicted octanol–water partition coefficient (Wildman–Crippen LogP) is 2.77. The number of aryl methyl sites for hydroxylation is 4. The van der Waals surface area contributed by atoms with Crippen molar-refractivity contribution >= 4 is 0 Å². The lowest BCUT2D eigenvalue weighted by Crippen LogP contribution is -2.41. The maximum Gasteiger partial charge on any atom is 0.170 e. The van der Waals surface area contributed by atoms with Crippen molar-refractivity contribution in [1.29, 1.82) is 0 Å². The third-order valence-electron chi connectivity index (χ3n) is 3.76. The van der Waals surface area contributed by atoms with Gasteiger partial charge in [-0.25, -0.2) is 9.36 Å². The van der Waals surface area contributed by atoms with E-state index in [0.717, 1.165) is 22.8 Å². The van der Waals surface area contributed by atoms with E-state index in [1.165, 1.54) is 0 Å². The molecule has 2 aromatic rings. The van der Waals surface area contributed by atoms with Gasteiger partial charge >= 0.3 is 0 Å². The number of hydrogen-bond donors (Lipinski definition) is 1. The predicted molar refractivity (Wildman–Crippen MR) is 83.3 cm³/mol. The molecule has 0 radical (unpaired) electrons. The summed E-state index contributed by atoms with van der Waals surface area (Å²) >= 11 is 0. The van der Waals surface area contributed by atoms with Crippen LogP contribution >= 0.6 is 0 Å². The number of aromatic nitrogens is 4. The van der Waals surface area contributed by atoms with Gasteiger partial charge in [0.15, 0.2) is 6.17 Å². The zero-order chi connectivity index (χ0) is 15.9. The van der Waals surface area contributed by atoms with Gasteiger partial charge in [0.05, 0.1) is 11.4 Å². The lowest BCUT2D eigenvalue weighted by atomic mass is 9.87. The summed E-state index contributed by atoms with van der Waals surface area (Å²) in [6.45, 7) is 14.0. The first-order valence-corrected chi connectivity index (χ1v) is 7.35. The molecule has 0 aliphatic rings. The minimum absolute atomic E-state index is 0.275. The lowest BCUT2D eigenvalue weighted by molar-refractivity contribution is -0.00447. The molecule has 116 valence electrons. The Morgan fingerprint density at radius 3 is 1.52 bits per heavy atom. The van der Waals surface area contributed by atoms with Crippen molar-refractivity contribution < 1.29 is 5.11 Å². The summed E-state index contributed by atoms with van der Waals surface area (Å²) in [5.74, 6) is 0. The van der Waals surface area contributed by atoms with Crippen LogP contribution in [0.1, 0.15) is 49.7 Å². The van der Waals surface area contributed by atoms with Gasteiger partial charge in [-0.3, -0.25) is 0 Å². The highest BCUT2D eigenvalue weighted by Crippen LogP contribution is 2.31. The van der Waals surface area contributed by atoms with Gasteiger partial charge in [0.25, 0.3) is 0 Å². The Hall–Kier alpha value is -1.62. The van der Waals surface area contributed by atoms with Crippen molar-refractivity contribution in [3.63, 3.8) is 0 Å². The number of nitrogens with zero attached hydrogens (tertiary/aromatic N) is 4. The molecule has 0 aromatic carbocycles. The highest BCUT2D eigenvalue weighted by molar-refractivity contribution is 5.12. The molecule has 0 aliphatic heterocycles. The fourth-order valence-electron chi connectivity index (χ4n) is 2.65. The second-order valence-electron chi connectivity index (χ2n) is 6.97. The van der Waals surface area contributed by atoms with Crippen molar-refractivity contribution in [2.75, 3.05) is 0 Å². The van der Waals surface area contributed by atoms with Gasteiger partial charge in [0.2, 0.25) is 0 Å². The van der Waals surface area contributed by atoms with Gasteiger partial charge in [-0.2, -0.15) is 10.2 Å². The van der Waals surface area contributed by atoms with E-state index >= 15 is 0 Å². The maximum absolute atomic E-state index is 10.9. The second-order valence-corrected chi connectivity index (χ2v) is 6.97. The summed E-state index contributed by atoms with van der Waals surface area (Å²) in [7, 11) is 0. The summed E-state index contributed by atoms with van der Waals surface area (Å²) in [6.07, 6.45) is -0.944. The molecule has 0 saturated carbocycles. The molecule has 0 bridgehead atoms. The molecule has 0 spiro atoms. The topological polar surface area (TPSA) is 55.9 Å². The minimum Gasteiger partial charge on any atom is -0.388 e. The normalized spacial score (nSPS) is 14.0. The van der Waals surface area contributed by atoms with Crippen molar-refractivity contribution in [2.45, 2.75) is 60.7 Å². The van der Waals surface area contributed by atoms with Gasteiger partial charge in [0, 0.05) is 11.4 Å². The largest absolute Gasteiger partial charge is 0.388 e. The number of hydrogen-bond acceptors (Lipinski definition) is 3. The van der Waals surface area contributed by atoms with E-state index in [0.29, 0.717) is 0 Å². The van der Waals surface area contributed by atoms with Crippen LogP contribution in [0.3, 0.4) is 0 Å². The van der Waals surface area contributed by atoms with Crippen LogP contribution in [0.2, 0.25) is 0 Å². The minimum atomic E-state index is -0.603. The smallest absolute Gasteiger partial charge is 0.170 e. The Morgan fingerprint density at radius 1 is 0.905 bits per heavy atom. The van der Waals surface area contributed by atoms with E-state index in [2.05, 4.69) is 10.2 Å². The van der Waals surface area contributed by atoms with Gasteiger partial charge in [-0.1, -0.05) is 20.8 Å². The van der Waals surface area contributed by atoms with Crippen LogP contribution in [0.4, 0.5) is 0 Å². The molecule has 2 heterocycles. The first-order chi connectivity index (χ1) is 9.61. The molecule has 1 N–H and O–H groups in total. The number of rotatable bonds is 3. The van der Waals surface area contributed by atoms with Gasteiger partial charge in [0.1, 0.15) is 6.10 Å². The Bertz CT molecular complexity index is 587. The molecule has 0 unspecified atom stereocenters. The zero-order valence-electron chi connectivity index (χ0n) is 14.0. The third kappa shape index (κ3) is 3.02. The zero-order valence-corrected chi connectivity index (χ0v) is 14.0. The average molecular weight is 290 g/mol. The monoisotopic (exact) mass is 290 g/mol. The lowest BCUT2D eigenvalue weighted by Gasteiger charge is -2.34. The van der Waals surface area contributed by atoms with Gasteiger partial charge in [-0.15, -0.1) is 0 Å². The summed E-state index contributed by atoms with van der Waals surface area (Å²) in [5.41, 5.74) is 3.66. The maximum atomic E-state index is 10.9. The van der Waals surface area contributed by atoms with E-state index in [1.54, 1.807) is 0 Å². The van der Waals surface area contributed by atoms with Crippen molar-refractivity contribution in [3.05, 3.63) is 34.9 Å². The summed E-state index contributed by atoms with van der Waals surface area (Å²) in [6, 6.07) is 4.04. The van der Waals surface area contributed by atoms with Crippen molar-refractivity contribution in [1.82, 2.24) is 19.6 Å². The average Bonchev–Trinajstić information content (AvgIpc) is 2.82.